The third-order valence-electron chi connectivity index (χ3n) is 3.16. The Bertz CT molecular complexity index is 680. The maximum absolute atomic E-state index is 10.7. The van der Waals surface area contributed by atoms with Crippen LogP contribution in [0.4, 0.5) is 11.4 Å². The van der Waals surface area contributed by atoms with Crippen molar-refractivity contribution in [3.8, 4) is 11.1 Å². The standard InChI is InChI=1S/C13H8N2O3/c16-14-10-1-3-12-8(6-10)5-9-7-11(15(17)18)2-4-13(9)12/h1-4,6-7H,5H2. The molecule has 0 amide bonds. The third kappa shape index (κ3) is 1.48. The molecule has 3 rings (SSSR count). The molecule has 2 aromatic carbocycles. The van der Waals surface area contributed by atoms with Crippen molar-refractivity contribution < 1.29 is 4.92 Å². The summed E-state index contributed by atoms with van der Waals surface area (Å²) in [5.74, 6) is 0. The Morgan fingerprint density at radius 1 is 1.06 bits per heavy atom. The molecule has 0 unspecified atom stereocenters. The average Bonchev–Trinajstić information content (AvgIpc) is 2.74. The number of non-ortho nitro benzene ring substituents is 1. The van der Waals surface area contributed by atoms with Gasteiger partial charge in [-0.05, 0) is 52.1 Å². The van der Waals surface area contributed by atoms with E-state index in [1.54, 1.807) is 24.3 Å². The maximum Gasteiger partial charge on any atom is 0.269 e. The Hall–Kier alpha value is -2.56. The van der Waals surface area contributed by atoms with Crippen LogP contribution in [0, 0.1) is 15.0 Å². The first kappa shape index (κ1) is 10.6. The Morgan fingerprint density at radius 2 is 1.72 bits per heavy atom. The number of nitro benzene ring substituents is 1. The number of rotatable bonds is 2. The summed E-state index contributed by atoms with van der Waals surface area (Å²) in [5.41, 5.74) is 4.40. The second-order valence-corrected chi connectivity index (χ2v) is 4.21. The zero-order chi connectivity index (χ0) is 12.7. The van der Waals surface area contributed by atoms with Gasteiger partial charge in [0.2, 0.25) is 0 Å². The molecular formula is C13H8N2O3. The van der Waals surface area contributed by atoms with Gasteiger partial charge < -0.3 is 0 Å². The molecule has 0 radical (unpaired) electrons. The highest BCUT2D eigenvalue weighted by Gasteiger charge is 2.21. The quantitative estimate of drug-likeness (QED) is 0.390. The van der Waals surface area contributed by atoms with Crippen LogP contribution >= 0.6 is 0 Å². The highest BCUT2D eigenvalue weighted by Crippen LogP contribution is 2.39. The van der Waals surface area contributed by atoms with Crippen LogP contribution < -0.4 is 0 Å². The summed E-state index contributed by atoms with van der Waals surface area (Å²) in [6.45, 7) is 0. The number of benzene rings is 2. The zero-order valence-electron chi connectivity index (χ0n) is 9.29. The largest absolute Gasteiger partial charge is 0.269 e. The normalized spacial score (nSPS) is 11.8. The molecule has 0 saturated carbocycles. The number of fused-ring (bicyclic) bond motifs is 3. The molecule has 0 bridgehead atoms. The molecule has 88 valence electrons. The lowest BCUT2D eigenvalue weighted by Crippen LogP contribution is -1.89. The fourth-order valence-corrected chi connectivity index (χ4v) is 2.35. The highest BCUT2D eigenvalue weighted by atomic mass is 16.6. The SMILES string of the molecule is O=Nc1ccc2c(c1)Cc1cc([N+](=O)[O-])ccc1-2. The van der Waals surface area contributed by atoms with Gasteiger partial charge in [-0.2, -0.15) is 0 Å². The van der Waals surface area contributed by atoms with Crippen molar-refractivity contribution in [3.05, 3.63) is 62.5 Å². The molecule has 5 nitrogen and oxygen atoms in total. The predicted octanol–water partition coefficient (Wildman–Crippen LogP) is 3.56. The summed E-state index contributed by atoms with van der Waals surface area (Å²) in [4.78, 5) is 20.8. The van der Waals surface area contributed by atoms with Crippen LogP contribution in [0.3, 0.4) is 0 Å². The molecule has 0 saturated heterocycles. The van der Waals surface area contributed by atoms with Crippen molar-refractivity contribution in [3.63, 3.8) is 0 Å². The topological polar surface area (TPSA) is 72.6 Å². The molecule has 0 N–H and O–H groups in total. The lowest BCUT2D eigenvalue weighted by molar-refractivity contribution is -0.384. The Balaban J connectivity index is 2.13. The third-order valence-corrected chi connectivity index (χ3v) is 3.16. The summed E-state index contributed by atoms with van der Waals surface area (Å²) in [5, 5.41) is 13.6. The van der Waals surface area contributed by atoms with Crippen LogP contribution in [-0.2, 0) is 6.42 Å². The van der Waals surface area contributed by atoms with Gasteiger partial charge in [0.25, 0.3) is 5.69 Å². The molecule has 1 aliphatic rings. The fraction of sp³-hybridized carbons (Fsp3) is 0.0769. The van der Waals surface area contributed by atoms with E-state index in [-0.39, 0.29) is 5.69 Å². The minimum atomic E-state index is -0.401. The Kier molecular flexibility index (Phi) is 2.19. The molecule has 0 heterocycles. The average molecular weight is 240 g/mol. The van der Waals surface area contributed by atoms with Gasteiger partial charge in [-0.15, -0.1) is 4.91 Å². The smallest absolute Gasteiger partial charge is 0.258 e. The molecule has 0 atom stereocenters. The van der Waals surface area contributed by atoms with Gasteiger partial charge in [-0.25, -0.2) is 0 Å². The Labute approximate surface area is 102 Å². The van der Waals surface area contributed by atoms with Gasteiger partial charge in [0, 0.05) is 12.1 Å². The van der Waals surface area contributed by atoms with Gasteiger partial charge in [-0.3, -0.25) is 10.1 Å². The van der Waals surface area contributed by atoms with E-state index < -0.39 is 4.92 Å². The van der Waals surface area contributed by atoms with E-state index in [0.29, 0.717) is 12.1 Å². The number of nitro groups is 1. The second-order valence-electron chi connectivity index (χ2n) is 4.21. The molecule has 0 spiro atoms. The molecule has 2 aromatic rings. The van der Waals surface area contributed by atoms with Crippen LogP contribution in [0.25, 0.3) is 11.1 Å². The number of nitrogens with zero attached hydrogens (tertiary/aromatic N) is 2. The summed E-state index contributed by atoms with van der Waals surface area (Å²) >= 11 is 0. The first-order valence-corrected chi connectivity index (χ1v) is 5.43. The lowest BCUT2D eigenvalue weighted by atomic mass is 10.1. The summed E-state index contributed by atoms with van der Waals surface area (Å²) in [7, 11) is 0. The summed E-state index contributed by atoms with van der Waals surface area (Å²) in [6, 6.07) is 10.1. The zero-order valence-corrected chi connectivity index (χ0v) is 9.29. The van der Waals surface area contributed by atoms with E-state index in [9.17, 15) is 15.0 Å². The lowest BCUT2D eigenvalue weighted by Gasteiger charge is -2.00. The van der Waals surface area contributed by atoms with Gasteiger partial charge in [0.15, 0.2) is 0 Å². The fourth-order valence-electron chi connectivity index (χ4n) is 2.35. The van der Waals surface area contributed by atoms with Crippen LogP contribution in [-0.4, -0.2) is 4.92 Å². The van der Waals surface area contributed by atoms with Crippen molar-refractivity contribution in [1.29, 1.82) is 0 Å². The molecule has 1 aliphatic carbocycles. The van der Waals surface area contributed by atoms with Crippen LogP contribution in [0.15, 0.2) is 41.6 Å². The van der Waals surface area contributed by atoms with E-state index in [1.165, 1.54) is 6.07 Å². The molecular weight excluding hydrogens is 232 g/mol. The second kappa shape index (κ2) is 3.73. The van der Waals surface area contributed by atoms with Crippen molar-refractivity contribution >= 4 is 11.4 Å². The van der Waals surface area contributed by atoms with Crippen LogP contribution in [0.5, 0.6) is 0 Å². The monoisotopic (exact) mass is 240 g/mol. The number of nitroso groups, excluding NO2 is 1. The summed E-state index contributed by atoms with van der Waals surface area (Å²) < 4.78 is 0. The molecule has 0 aromatic heterocycles. The molecule has 0 fully saturated rings. The Morgan fingerprint density at radius 3 is 2.39 bits per heavy atom. The van der Waals surface area contributed by atoms with Crippen LogP contribution in [0.1, 0.15) is 11.1 Å². The number of hydrogen-bond acceptors (Lipinski definition) is 4. The molecule has 5 heteroatoms. The van der Waals surface area contributed by atoms with E-state index >= 15 is 0 Å². The van der Waals surface area contributed by atoms with Gasteiger partial charge in [0.1, 0.15) is 5.69 Å². The van der Waals surface area contributed by atoms with E-state index in [0.717, 1.165) is 22.3 Å². The first-order chi connectivity index (χ1) is 8.69. The van der Waals surface area contributed by atoms with Crippen molar-refractivity contribution in [2.24, 2.45) is 5.18 Å². The predicted molar refractivity (Wildman–Crippen MR) is 66.8 cm³/mol. The minimum Gasteiger partial charge on any atom is -0.258 e. The molecule has 18 heavy (non-hydrogen) atoms. The van der Waals surface area contributed by atoms with Crippen molar-refractivity contribution in [2.75, 3.05) is 0 Å². The van der Waals surface area contributed by atoms with E-state index in [2.05, 4.69) is 5.18 Å². The van der Waals surface area contributed by atoms with Gasteiger partial charge in [-0.1, -0.05) is 6.07 Å². The van der Waals surface area contributed by atoms with Crippen molar-refractivity contribution in [1.82, 2.24) is 0 Å². The highest BCUT2D eigenvalue weighted by molar-refractivity contribution is 5.79. The molecule has 0 aliphatic heterocycles. The van der Waals surface area contributed by atoms with E-state index in [1.807, 2.05) is 6.07 Å². The van der Waals surface area contributed by atoms with Crippen LogP contribution in [0.2, 0.25) is 0 Å². The number of hydrogen-bond donors (Lipinski definition) is 0. The first-order valence-electron chi connectivity index (χ1n) is 5.43. The van der Waals surface area contributed by atoms with Gasteiger partial charge in [0.05, 0.1) is 4.92 Å². The van der Waals surface area contributed by atoms with E-state index in [4.69, 9.17) is 0 Å². The minimum absolute atomic E-state index is 0.0929. The maximum atomic E-state index is 10.7. The summed E-state index contributed by atoms with van der Waals surface area (Å²) in [6.07, 6.45) is 0.607. The van der Waals surface area contributed by atoms with Gasteiger partial charge >= 0.3 is 0 Å². The van der Waals surface area contributed by atoms with Crippen molar-refractivity contribution in [2.45, 2.75) is 6.42 Å².